The molecule has 1 aromatic carbocycles. The van der Waals surface area contributed by atoms with E-state index in [0.29, 0.717) is 18.4 Å². The summed E-state index contributed by atoms with van der Waals surface area (Å²) in [5.74, 6) is 2.26. The summed E-state index contributed by atoms with van der Waals surface area (Å²) in [6.07, 6.45) is 7.51. The minimum absolute atomic E-state index is 0.0198. The highest BCUT2D eigenvalue weighted by atomic mass is 16.5. The van der Waals surface area contributed by atoms with E-state index < -0.39 is 0 Å². The number of carbonyl (C=O) groups is 1. The molecule has 2 aliphatic carbocycles. The van der Waals surface area contributed by atoms with Crippen LogP contribution in [0.2, 0.25) is 0 Å². The molecule has 5 heteroatoms. The third kappa shape index (κ3) is 5.27. The molecular formula is C26H35N3O2. The van der Waals surface area contributed by atoms with Gasteiger partial charge in [0.25, 0.3) is 0 Å². The number of aromatic nitrogens is 1. The van der Waals surface area contributed by atoms with Crippen LogP contribution in [0, 0.1) is 17.8 Å². The normalized spacial score (nSPS) is 22.3. The smallest absolute Gasteiger partial charge is 0.230 e. The van der Waals surface area contributed by atoms with Crippen LogP contribution in [0.4, 0.5) is 5.69 Å². The van der Waals surface area contributed by atoms with Crippen LogP contribution >= 0.6 is 0 Å². The predicted octanol–water partition coefficient (Wildman–Crippen LogP) is 4.77. The van der Waals surface area contributed by atoms with Crippen LogP contribution in [-0.4, -0.2) is 30.1 Å². The quantitative estimate of drug-likeness (QED) is 0.600. The number of anilines is 1. The van der Waals surface area contributed by atoms with Crippen LogP contribution in [-0.2, 0) is 4.79 Å². The zero-order valence-electron chi connectivity index (χ0n) is 18.7. The van der Waals surface area contributed by atoms with Gasteiger partial charge in [0.1, 0.15) is 5.75 Å². The molecule has 166 valence electrons. The number of pyridine rings is 1. The molecule has 1 heterocycles. The molecule has 1 amide bonds. The van der Waals surface area contributed by atoms with Gasteiger partial charge in [0.15, 0.2) is 0 Å². The standard InChI is InChI=1S/C26H35N3O2/c1-3-18(2)24(27)16-29(26(30)23-15-22(23)25-9-4-5-14-28-25)20-10-12-21(13-11-20)31-17-19-7-6-8-19/h4-5,9-14,18-19,22-24H,3,6-8,15-17,27H2,1-2H3/t18-,22+,23+,24+/m0/s1. The van der Waals surface area contributed by atoms with Crippen molar-refractivity contribution in [1.29, 1.82) is 0 Å². The molecule has 0 spiro atoms. The van der Waals surface area contributed by atoms with E-state index in [1.165, 1.54) is 19.3 Å². The van der Waals surface area contributed by atoms with Crippen molar-refractivity contribution in [3.63, 3.8) is 0 Å². The number of carbonyl (C=O) groups excluding carboxylic acids is 1. The molecule has 2 saturated carbocycles. The Hall–Kier alpha value is -2.40. The van der Waals surface area contributed by atoms with Gasteiger partial charge in [-0.15, -0.1) is 0 Å². The van der Waals surface area contributed by atoms with Gasteiger partial charge in [-0.05, 0) is 67.5 Å². The van der Waals surface area contributed by atoms with E-state index in [0.717, 1.165) is 36.6 Å². The van der Waals surface area contributed by atoms with Crippen LogP contribution in [0.25, 0.3) is 0 Å². The summed E-state index contributed by atoms with van der Waals surface area (Å²) in [5.41, 5.74) is 8.37. The number of ether oxygens (including phenoxy) is 1. The zero-order chi connectivity index (χ0) is 21.8. The van der Waals surface area contributed by atoms with Gasteiger partial charge in [-0.3, -0.25) is 9.78 Å². The number of rotatable bonds is 10. The lowest BCUT2D eigenvalue weighted by molar-refractivity contribution is -0.120. The van der Waals surface area contributed by atoms with Crippen LogP contribution in [0.1, 0.15) is 57.6 Å². The lowest BCUT2D eigenvalue weighted by Gasteiger charge is -2.29. The molecule has 2 aromatic rings. The molecule has 2 fully saturated rings. The summed E-state index contributed by atoms with van der Waals surface area (Å²) in [6.45, 7) is 5.61. The molecule has 4 rings (SSSR count). The van der Waals surface area contributed by atoms with Crippen LogP contribution in [0.3, 0.4) is 0 Å². The van der Waals surface area contributed by atoms with Gasteiger partial charge in [0, 0.05) is 42.0 Å². The van der Waals surface area contributed by atoms with Gasteiger partial charge >= 0.3 is 0 Å². The summed E-state index contributed by atoms with van der Waals surface area (Å²) in [7, 11) is 0. The average Bonchev–Trinajstić information content (AvgIpc) is 3.57. The third-order valence-electron chi connectivity index (χ3n) is 7.07. The highest BCUT2D eigenvalue weighted by molar-refractivity contribution is 5.97. The molecule has 2 aliphatic rings. The average molecular weight is 422 g/mol. The predicted molar refractivity (Wildman–Crippen MR) is 124 cm³/mol. The van der Waals surface area contributed by atoms with Gasteiger partial charge in [0.2, 0.25) is 5.91 Å². The molecule has 4 atom stereocenters. The summed E-state index contributed by atoms with van der Waals surface area (Å²) in [6, 6.07) is 13.8. The maximum absolute atomic E-state index is 13.5. The summed E-state index contributed by atoms with van der Waals surface area (Å²) >= 11 is 0. The Labute approximate surface area is 186 Å². The maximum Gasteiger partial charge on any atom is 0.230 e. The first-order valence-corrected chi connectivity index (χ1v) is 11.8. The number of nitrogens with two attached hydrogens (primary N) is 1. The molecule has 0 bridgehead atoms. The Bertz CT molecular complexity index is 851. The summed E-state index contributed by atoms with van der Waals surface area (Å²) in [4.78, 5) is 19.8. The molecule has 0 aliphatic heterocycles. The maximum atomic E-state index is 13.5. The van der Waals surface area contributed by atoms with Gasteiger partial charge in [0.05, 0.1) is 6.61 Å². The van der Waals surface area contributed by atoms with E-state index in [2.05, 4.69) is 18.8 Å². The van der Waals surface area contributed by atoms with Crippen molar-refractivity contribution in [3.8, 4) is 5.75 Å². The van der Waals surface area contributed by atoms with E-state index in [1.54, 1.807) is 6.20 Å². The molecule has 0 unspecified atom stereocenters. The van der Waals surface area contributed by atoms with Gasteiger partial charge in [-0.1, -0.05) is 32.8 Å². The molecule has 2 N–H and O–H groups in total. The fraction of sp³-hybridized carbons (Fsp3) is 0.538. The molecule has 5 nitrogen and oxygen atoms in total. The second kappa shape index (κ2) is 9.82. The van der Waals surface area contributed by atoms with Crippen molar-refractivity contribution in [1.82, 2.24) is 4.98 Å². The van der Waals surface area contributed by atoms with Gasteiger partial charge in [-0.25, -0.2) is 0 Å². The Balaban J connectivity index is 1.46. The van der Waals surface area contributed by atoms with Crippen molar-refractivity contribution in [3.05, 3.63) is 54.4 Å². The molecule has 1 aromatic heterocycles. The van der Waals surface area contributed by atoms with Crippen LogP contribution < -0.4 is 15.4 Å². The van der Waals surface area contributed by atoms with Crippen molar-refractivity contribution in [2.75, 3.05) is 18.1 Å². The SMILES string of the molecule is CC[C@H](C)[C@H](N)CN(C(=O)[C@@H]1C[C@H]1c1ccccn1)c1ccc(OCC2CCC2)cc1. The Morgan fingerprint density at radius 3 is 2.61 bits per heavy atom. The third-order valence-corrected chi connectivity index (χ3v) is 7.07. The lowest BCUT2D eigenvalue weighted by atomic mass is 9.86. The Kier molecular flexibility index (Phi) is 6.91. The highest BCUT2D eigenvalue weighted by Gasteiger charge is 2.47. The fourth-order valence-electron chi connectivity index (χ4n) is 4.20. The lowest BCUT2D eigenvalue weighted by Crippen LogP contribution is -2.45. The van der Waals surface area contributed by atoms with E-state index in [9.17, 15) is 4.79 Å². The fourth-order valence-corrected chi connectivity index (χ4v) is 4.20. The first-order chi connectivity index (χ1) is 15.1. The van der Waals surface area contributed by atoms with Crippen LogP contribution in [0.5, 0.6) is 5.75 Å². The van der Waals surface area contributed by atoms with E-state index in [1.807, 2.05) is 47.4 Å². The number of nitrogens with zero attached hydrogens (tertiary/aromatic N) is 2. The minimum Gasteiger partial charge on any atom is -0.493 e. The van der Waals surface area contributed by atoms with Gasteiger partial charge in [-0.2, -0.15) is 0 Å². The van der Waals surface area contributed by atoms with Crippen molar-refractivity contribution >= 4 is 11.6 Å². The highest BCUT2D eigenvalue weighted by Crippen LogP contribution is 2.48. The Morgan fingerprint density at radius 1 is 1.23 bits per heavy atom. The Morgan fingerprint density at radius 2 is 2.00 bits per heavy atom. The van der Waals surface area contributed by atoms with E-state index >= 15 is 0 Å². The molecule has 0 saturated heterocycles. The number of amides is 1. The first-order valence-electron chi connectivity index (χ1n) is 11.8. The largest absolute Gasteiger partial charge is 0.493 e. The van der Waals surface area contributed by atoms with E-state index in [4.69, 9.17) is 10.5 Å². The molecule has 0 radical (unpaired) electrons. The number of benzene rings is 1. The topological polar surface area (TPSA) is 68.5 Å². The molecule has 31 heavy (non-hydrogen) atoms. The monoisotopic (exact) mass is 421 g/mol. The second-order valence-corrected chi connectivity index (χ2v) is 9.30. The van der Waals surface area contributed by atoms with Crippen molar-refractivity contribution in [2.45, 2.75) is 57.9 Å². The van der Waals surface area contributed by atoms with E-state index in [-0.39, 0.29) is 23.8 Å². The van der Waals surface area contributed by atoms with Crippen molar-refractivity contribution in [2.24, 2.45) is 23.5 Å². The minimum atomic E-state index is -0.0597. The number of hydrogen-bond acceptors (Lipinski definition) is 4. The summed E-state index contributed by atoms with van der Waals surface area (Å²) < 4.78 is 5.94. The van der Waals surface area contributed by atoms with Crippen LogP contribution in [0.15, 0.2) is 48.7 Å². The molecular weight excluding hydrogens is 386 g/mol. The zero-order valence-corrected chi connectivity index (χ0v) is 18.7. The number of hydrogen-bond donors (Lipinski definition) is 1. The summed E-state index contributed by atoms with van der Waals surface area (Å²) in [5, 5.41) is 0. The van der Waals surface area contributed by atoms with Gasteiger partial charge < -0.3 is 15.4 Å². The first kappa shape index (κ1) is 21.8. The van der Waals surface area contributed by atoms with Crippen molar-refractivity contribution < 1.29 is 9.53 Å². The second-order valence-electron chi connectivity index (χ2n) is 9.30.